The molecule has 0 radical (unpaired) electrons. The molecule has 11 nitrogen and oxygen atoms in total. The zero-order valence-corrected chi connectivity index (χ0v) is 26.2. The van der Waals surface area contributed by atoms with Crippen LogP contribution in [0.25, 0.3) is 10.9 Å². The molecule has 6 heterocycles. The Labute approximate surface area is 262 Å². The van der Waals surface area contributed by atoms with Gasteiger partial charge in [0.05, 0.1) is 17.8 Å². The van der Waals surface area contributed by atoms with Crippen LogP contribution < -0.4 is 15.0 Å². The van der Waals surface area contributed by atoms with E-state index in [-0.39, 0.29) is 24.5 Å². The highest BCUT2D eigenvalue weighted by molar-refractivity contribution is 6.31. The molecule has 2 aromatic heterocycles. The summed E-state index contributed by atoms with van der Waals surface area (Å²) in [4.78, 5) is 38.0. The fourth-order valence-electron chi connectivity index (χ4n) is 6.26. The minimum absolute atomic E-state index is 0.0642. The SMILES string of the molecule is CN(C)CCc1c[nH]c2ccc(Cn3cncn3)cc12.CN1C(=O)COc2c(C(=O)NC3CN4CCC3CC4)cc(Cl)cc21. The summed E-state index contributed by atoms with van der Waals surface area (Å²) >= 11 is 6.16. The first-order valence-electron chi connectivity index (χ1n) is 15.1. The summed E-state index contributed by atoms with van der Waals surface area (Å²) in [7, 11) is 5.87. The molecule has 8 rings (SSSR count). The Morgan fingerprint density at radius 3 is 2.73 bits per heavy atom. The molecule has 2 aromatic carbocycles. The van der Waals surface area contributed by atoms with Gasteiger partial charge in [-0.3, -0.25) is 9.59 Å². The molecule has 2 bridgehead atoms. The number of aromatic amines is 1. The predicted octanol–water partition coefficient (Wildman–Crippen LogP) is 3.43. The number of amides is 2. The molecule has 0 spiro atoms. The summed E-state index contributed by atoms with van der Waals surface area (Å²) in [5, 5.41) is 9.02. The number of ether oxygens (including phenoxy) is 1. The molecular formula is C32H39ClN8O3. The van der Waals surface area contributed by atoms with Crippen molar-refractivity contribution in [3.63, 3.8) is 0 Å². The van der Waals surface area contributed by atoms with Crippen molar-refractivity contribution in [2.45, 2.75) is 31.8 Å². The van der Waals surface area contributed by atoms with E-state index in [0.717, 1.165) is 52.0 Å². The molecule has 1 atom stereocenters. The van der Waals surface area contributed by atoms with E-state index >= 15 is 0 Å². The second-order valence-electron chi connectivity index (χ2n) is 12.1. The average molecular weight is 619 g/mol. The summed E-state index contributed by atoms with van der Waals surface area (Å²) in [5.74, 6) is 0.628. The first-order chi connectivity index (χ1) is 21.2. The number of piperidine rings is 3. The fraction of sp³-hybridized carbons (Fsp3) is 0.438. The van der Waals surface area contributed by atoms with Crippen LogP contribution in [0, 0.1) is 5.92 Å². The zero-order chi connectivity index (χ0) is 30.8. The minimum atomic E-state index is -0.185. The number of rotatable bonds is 7. The number of aromatic nitrogens is 4. The normalized spacial score (nSPS) is 20.7. The maximum absolute atomic E-state index is 12.8. The first-order valence-corrected chi connectivity index (χ1v) is 15.4. The Hall–Kier alpha value is -3.93. The number of halogens is 1. The number of anilines is 1. The van der Waals surface area contributed by atoms with Crippen LogP contribution in [0.15, 0.2) is 49.2 Å². The van der Waals surface area contributed by atoms with Gasteiger partial charge < -0.3 is 29.7 Å². The van der Waals surface area contributed by atoms with E-state index in [2.05, 4.69) is 68.7 Å². The van der Waals surface area contributed by atoms with Gasteiger partial charge in [0.1, 0.15) is 12.7 Å². The van der Waals surface area contributed by atoms with E-state index in [9.17, 15) is 9.59 Å². The number of H-pyrrole nitrogens is 1. The summed E-state index contributed by atoms with van der Waals surface area (Å²) < 4.78 is 7.38. The number of hydrogen-bond donors (Lipinski definition) is 2. The molecule has 4 aromatic rings. The third-order valence-electron chi connectivity index (χ3n) is 8.80. The molecule has 2 N–H and O–H groups in total. The van der Waals surface area contributed by atoms with Crippen molar-refractivity contribution in [3.8, 4) is 5.75 Å². The van der Waals surface area contributed by atoms with Crippen molar-refractivity contribution in [2.75, 3.05) is 58.8 Å². The molecule has 44 heavy (non-hydrogen) atoms. The number of likely N-dealkylation sites (N-methyl/N-ethyl adjacent to an activating group) is 2. The third-order valence-corrected chi connectivity index (χ3v) is 9.02. The van der Waals surface area contributed by atoms with E-state index in [1.165, 1.54) is 26.9 Å². The van der Waals surface area contributed by atoms with Gasteiger partial charge in [-0.25, -0.2) is 9.67 Å². The number of carbonyl (C=O) groups excluding carboxylic acids is 2. The van der Waals surface area contributed by atoms with Crippen LogP contribution >= 0.6 is 11.6 Å². The summed E-state index contributed by atoms with van der Waals surface area (Å²) in [6.45, 7) is 4.90. The average Bonchev–Trinajstić information content (AvgIpc) is 3.68. The highest BCUT2D eigenvalue weighted by Gasteiger charge is 2.36. The summed E-state index contributed by atoms with van der Waals surface area (Å²) in [6, 6.07) is 9.95. The molecule has 232 valence electrons. The highest BCUT2D eigenvalue weighted by Crippen LogP contribution is 2.38. The van der Waals surface area contributed by atoms with E-state index < -0.39 is 0 Å². The number of benzene rings is 2. The largest absolute Gasteiger partial charge is 0.481 e. The van der Waals surface area contributed by atoms with Crippen LogP contribution in [0.4, 0.5) is 5.69 Å². The molecule has 1 unspecified atom stereocenters. The van der Waals surface area contributed by atoms with E-state index in [1.807, 2.05) is 4.68 Å². The second-order valence-corrected chi connectivity index (χ2v) is 12.5. The van der Waals surface area contributed by atoms with Gasteiger partial charge >= 0.3 is 0 Å². The lowest BCUT2D eigenvalue weighted by molar-refractivity contribution is -0.121. The summed E-state index contributed by atoms with van der Waals surface area (Å²) in [5.41, 5.74) is 4.75. The Balaban J connectivity index is 0.000000159. The van der Waals surface area contributed by atoms with Gasteiger partial charge in [0.15, 0.2) is 12.4 Å². The van der Waals surface area contributed by atoms with Crippen LogP contribution in [0.3, 0.4) is 0 Å². The van der Waals surface area contributed by atoms with Crippen molar-refractivity contribution in [2.24, 2.45) is 5.92 Å². The van der Waals surface area contributed by atoms with E-state index in [1.54, 1.807) is 31.8 Å². The third kappa shape index (κ3) is 6.59. The van der Waals surface area contributed by atoms with Crippen LogP contribution in [-0.2, 0) is 17.8 Å². The first kappa shape index (κ1) is 30.1. The van der Waals surface area contributed by atoms with Crippen molar-refractivity contribution in [1.82, 2.24) is 34.9 Å². The molecule has 2 amide bonds. The maximum Gasteiger partial charge on any atom is 0.264 e. The van der Waals surface area contributed by atoms with Crippen molar-refractivity contribution < 1.29 is 14.3 Å². The summed E-state index contributed by atoms with van der Waals surface area (Å²) in [6.07, 6.45) is 8.75. The standard InChI is InChI=1S/C17H20ClN3O3.C15H19N5/c1-20-14-7-11(18)6-12(16(14)24-9-15(20)22)17(23)19-13-8-21-4-2-10(13)3-5-21;1-19(2)6-5-13-8-17-15-4-3-12(7-14(13)15)9-20-11-16-10-18-20/h6-7,10,13H,2-5,8-9H2,1H3,(H,19,23);3-4,7-8,10-11,17H,5-6,9H2,1-2H3. The molecular weight excluding hydrogens is 580 g/mol. The molecule has 4 aliphatic heterocycles. The quantitative estimate of drug-likeness (QED) is 0.326. The van der Waals surface area contributed by atoms with Crippen LogP contribution in [-0.4, -0.2) is 101 Å². The number of carbonyl (C=O) groups is 2. The molecule has 3 saturated heterocycles. The van der Waals surface area contributed by atoms with Crippen molar-refractivity contribution >= 4 is 40.0 Å². The topological polar surface area (TPSA) is 112 Å². The molecule has 12 heteroatoms. The fourth-order valence-corrected chi connectivity index (χ4v) is 6.48. The van der Waals surface area contributed by atoms with Crippen LogP contribution in [0.2, 0.25) is 5.02 Å². The lowest BCUT2D eigenvalue weighted by atomic mass is 9.84. The number of nitrogens with one attached hydrogen (secondary N) is 2. The monoisotopic (exact) mass is 618 g/mol. The Morgan fingerprint density at radius 1 is 1.20 bits per heavy atom. The van der Waals surface area contributed by atoms with Crippen LogP contribution in [0.1, 0.15) is 34.3 Å². The minimum Gasteiger partial charge on any atom is -0.481 e. The lowest BCUT2D eigenvalue weighted by Gasteiger charge is -2.45. The molecule has 0 aliphatic carbocycles. The second kappa shape index (κ2) is 13.0. The van der Waals surface area contributed by atoms with Gasteiger partial charge in [-0.2, -0.15) is 5.10 Å². The maximum atomic E-state index is 12.8. The Morgan fingerprint density at radius 2 is 2.02 bits per heavy atom. The zero-order valence-electron chi connectivity index (χ0n) is 25.4. The van der Waals surface area contributed by atoms with Gasteiger partial charge in [-0.05, 0) is 87.8 Å². The van der Waals surface area contributed by atoms with Gasteiger partial charge in [0.25, 0.3) is 11.8 Å². The van der Waals surface area contributed by atoms with Crippen LogP contribution in [0.5, 0.6) is 5.75 Å². The Kier molecular flexibility index (Phi) is 8.88. The molecule has 0 saturated carbocycles. The van der Waals surface area contributed by atoms with Gasteiger partial charge in [0, 0.05) is 48.3 Å². The lowest BCUT2D eigenvalue weighted by Crippen LogP contribution is -2.57. The van der Waals surface area contributed by atoms with E-state index in [4.69, 9.17) is 16.3 Å². The molecule has 4 aliphatic rings. The van der Waals surface area contributed by atoms with Gasteiger partial charge in [-0.15, -0.1) is 0 Å². The van der Waals surface area contributed by atoms with Gasteiger partial charge in [0.2, 0.25) is 0 Å². The van der Waals surface area contributed by atoms with Crippen molar-refractivity contribution in [1.29, 1.82) is 0 Å². The Bertz CT molecular complexity index is 1630. The number of nitrogens with zero attached hydrogens (tertiary/aromatic N) is 6. The van der Waals surface area contributed by atoms with Crippen molar-refractivity contribution in [3.05, 3.63) is 70.9 Å². The highest BCUT2D eigenvalue weighted by atomic mass is 35.5. The number of fused-ring (bicyclic) bond motifs is 5. The van der Waals surface area contributed by atoms with E-state index in [0.29, 0.717) is 27.9 Å². The predicted molar refractivity (Wildman–Crippen MR) is 170 cm³/mol. The number of hydrogen-bond acceptors (Lipinski definition) is 7. The smallest absolute Gasteiger partial charge is 0.264 e. The molecule has 3 fully saturated rings. The van der Waals surface area contributed by atoms with Gasteiger partial charge in [-0.1, -0.05) is 17.7 Å².